The fraction of sp³-hybridized carbons (Fsp3) is 0.538. The zero-order chi connectivity index (χ0) is 14.0. The van der Waals surface area contributed by atoms with Crippen molar-refractivity contribution in [1.82, 2.24) is 14.8 Å². The van der Waals surface area contributed by atoms with Crippen LogP contribution >= 0.6 is 23.1 Å². The van der Waals surface area contributed by atoms with Gasteiger partial charge in [0, 0.05) is 18.0 Å². The molecule has 19 heavy (non-hydrogen) atoms. The Morgan fingerprint density at radius 3 is 2.63 bits per heavy atom. The van der Waals surface area contributed by atoms with E-state index in [9.17, 15) is 0 Å². The number of thiophene rings is 1. The number of aryl methyl sites for hydroxylation is 2. The van der Waals surface area contributed by atoms with Crippen molar-refractivity contribution >= 4 is 23.1 Å². The van der Waals surface area contributed by atoms with Crippen molar-refractivity contribution in [3.05, 3.63) is 27.7 Å². The van der Waals surface area contributed by atoms with Gasteiger partial charge >= 0.3 is 0 Å². The Labute approximate surface area is 122 Å². The van der Waals surface area contributed by atoms with E-state index in [0.717, 1.165) is 17.4 Å². The first-order valence-corrected chi connectivity index (χ1v) is 8.12. The molecular formula is C13H20N4S2. The molecule has 2 atom stereocenters. The smallest absolute Gasteiger partial charge is 0.191 e. The van der Waals surface area contributed by atoms with Crippen molar-refractivity contribution in [3.8, 4) is 0 Å². The molecule has 2 aromatic rings. The van der Waals surface area contributed by atoms with Crippen molar-refractivity contribution in [2.75, 3.05) is 0 Å². The second-order valence-electron chi connectivity index (χ2n) is 4.67. The van der Waals surface area contributed by atoms with Crippen LogP contribution in [0.15, 0.2) is 16.6 Å². The minimum atomic E-state index is 0.124. The van der Waals surface area contributed by atoms with Crippen LogP contribution in [0.3, 0.4) is 0 Å². The summed E-state index contributed by atoms with van der Waals surface area (Å²) in [7, 11) is 1.99. The Morgan fingerprint density at radius 2 is 2.16 bits per heavy atom. The average molecular weight is 296 g/mol. The minimum absolute atomic E-state index is 0.124. The molecule has 0 aliphatic carbocycles. The van der Waals surface area contributed by atoms with Crippen molar-refractivity contribution in [2.45, 2.75) is 43.6 Å². The van der Waals surface area contributed by atoms with Crippen molar-refractivity contribution in [3.63, 3.8) is 0 Å². The van der Waals surface area contributed by atoms with Gasteiger partial charge in [-0.2, -0.15) is 0 Å². The van der Waals surface area contributed by atoms with Gasteiger partial charge in [-0.1, -0.05) is 18.7 Å². The first-order valence-electron chi connectivity index (χ1n) is 6.36. The van der Waals surface area contributed by atoms with Crippen LogP contribution in [0.1, 0.15) is 34.9 Å². The lowest BCUT2D eigenvalue weighted by Crippen LogP contribution is -2.25. The summed E-state index contributed by atoms with van der Waals surface area (Å²) in [6, 6.07) is 2.28. The molecule has 4 nitrogen and oxygen atoms in total. The monoisotopic (exact) mass is 296 g/mol. The molecule has 0 saturated heterocycles. The molecule has 0 aliphatic rings. The Morgan fingerprint density at radius 1 is 1.42 bits per heavy atom. The minimum Gasteiger partial charge on any atom is -0.326 e. The number of nitrogens with two attached hydrogens (primary N) is 1. The van der Waals surface area contributed by atoms with Crippen LogP contribution in [-0.4, -0.2) is 20.8 Å². The topological polar surface area (TPSA) is 56.7 Å². The van der Waals surface area contributed by atoms with Crippen molar-refractivity contribution in [2.24, 2.45) is 12.8 Å². The molecule has 0 saturated carbocycles. The summed E-state index contributed by atoms with van der Waals surface area (Å²) in [5.74, 6) is 0.925. The van der Waals surface area contributed by atoms with Gasteiger partial charge in [-0.15, -0.1) is 21.5 Å². The third-order valence-corrected chi connectivity index (χ3v) is 5.96. The van der Waals surface area contributed by atoms with Gasteiger partial charge in [0.05, 0.1) is 5.25 Å². The third kappa shape index (κ3) is 3.01. The molecule has 2 N–H and O–H groups in total. The average Bonchev–Trinajstić information content (AvgIpc) is 2.95. The first-order chi connectivity index (χ1) is 9.04. The standard InChI is InChI=1S/C13H20N4S2/c1-5-10(14)12(11-8(2)6-7-18-11)19-13-16-15-9(3)17(13)4/h6-7,10,12H,5,14H2,1-4H3. The van der Waals surface area contributed by atoms with Crippen LogP contribution in [0.25, 0.3) is 0 Å². The number of aromatic nitrogens is 3. The van der Waals surface area contributed by atoms with Crippen molar-refractivity contribution < 1.29 is 0 Å². The molecule has 0 aromatic carbocycles. The Hall–Kier alpha value is -0.850. The lowest BCUT2D eigenvalue weighted by atomic mass is 10.1. The normalized spacial score (nSPS) is 14.6. The summed E-state index contributed by atoms with van der Waals surface area (Å²) in [5, 5.41) is 11.6. The van der Waals surface area contributed by atoms with Crippen LogP contribution in [-0.2, 0) is 7.05 Å². The number of hydrogen-bond acceptors (Lipinski definition) is 5. The SMILES string of the molecule is CCC(N)C(Sc1nnc(C)n1C)c1sccc1C. The first kappa shape index (κ1) is 14.6. The Balaban J connectivity index is 2.29. The van der Waals surface area contributed by atoms with Crippen LogP contribution < -0.4 is 5.73 Å². The Bertz CT molecular complexity index is 547. The fourth-order valence-corrected chi connectivity index (χ4v) is 4.39. The Kier molecular flexibility index (Phi) is 4.65. The number of thioether (sulfide) groups is 1. The molecule has 0 aliphatic heterocycles. The highest BCUT2D eigenvalue weighted by Gasteiger charge is 2.25. The molecule has 6 heteroatoms. The maximum Gasteiger partial charge on any atom is 0.191 e. The van der Waals surface area contributed by atoms with Gasteiger partial charge in [0.2, 0.25) is 0 Å². The summed E-state index contributed by atoms with van der Waals surface area (Å²) < 4.78 is 2.02. The van der Waals surface area contributed by atoms with Crippen LogP contribution in [0.5, 0.6) is 0 Å². The molecule has 0 spiro atoms. The molecule has 2 aromatic heterocycles. The highest BCUT2D eigenvalue weighted by Crippen LogP contribution is 2.40. The van der Waals surface area contributed by atoms with E-state index in [1.165, 1.54) is 10.4 Å². The summed E-state index contributed by atoms with van der Waals surface area (Å²) in [5.41, 5.74) is 7.62. The molecular weight excluding hydrogens is 276 g/mol. The van der Waals surface area contributed by atoms with E-state index in [-0.39, 0.29) is 11.3 Å². The van der Waals surface area contributed by atoms with Gasteiger partial charge in [0.25, 0.3) is 0 Å². The molecule has 2 unspecified atom stereocenters. The van der Waals surface area contributed by atoms with E-state index in [4.69, 9.17) is 5.73 Å². The second-order valence-corrected chi connectivity index (χ2v) is 6.72. The van der Waals surface area contributed by atoms with Gasteiger partial charge in [0.15, 0.2) is 5.16 Å². The van der Waals surface area contributed by atoms with E-state index in [0.29, 0.717) is 0 Å². The zero-order valence-corrected chi connectivity index (χ0v) is 13.4. The molecule has 0 radical (unpaired) electrons. The van der Waals surface area contributed by atoms with E-state index < -0.39 is 0 Å². The van der Waals surface area contributed by atoms with Gasteiger partial charge < -0.3 is 10.3 Å². The predicted octanol–water partition coefficient (Wildman–Crippen LogP) is 3.06. The van der Waals surface area contributed by atoms with Crippen LogP contribution in [0, 0.1) is 13.8 Å². The summed E-state index contributed by atoms with van der Waals surface area (Å²) in [6.07, 6.45) is 0.950. The fourth-order valence-electron chi connectivity index (χ4n) is 1.83. The van der Waals surface area contributed by atoms with Gasteiger partial charge in [0.1, 0.15) is 5.82 Å². The van der Waals surface area contributed by atoms with E-state index in [1.807, 2.05) is 18.5 Å². The highest BCUT2D eigenvalue weighted by atomic mass is 32.2. The molecule has 2 rings (SSSR count). The van der Waals surface area contributed by atoms with Crippen LogP contribution in [0.4, 0.5) is 0 Å². The lowest BCUT2D eigenvalue weighted by molar-refractivity contribution is 0.634. The highest BCUT2D eigenvalue weighted by molar-refractivity contribution is 7.99. The van der Waals surface area contributed by atoms with Crippen LogP contribution in [0.2, 0.25) is 0 Å². The lowest BCUT2D eigenvalue weighted by Gasteiger charge is -2.21. The number of hydrogen-bond donors (Lipinski definition) is 1. The van der Waals surface area contributed by atoms with Gasteiger partial charge in [-0.25, -0.2) is 0 Å². The van der Waals surface area contributed by atoms with Gasteiger partial charge in [-0.05, 0) is 37.3 Å². The second kappa shape index (κ2) is 6.07. The third-order valence-electron chi connectivity index (χ3n) is 3.31. The molecule has 104 valence electrons. The predicted molar refractivity (Wildman–Crippen MR) is 81.7 cm³/mol. The van der Waals surface area contributed by atoms with Gasteiger partial charge in [-0.3, -0.25) is 0 Å². The molecule has 0 fully saturated rings. The maximum atomic E-state index is 6.31. The maximum absolute atomic E-state index is 6.31. The molecule has 0 amide bonds. The molecule has 2 heterocycles. The largest absolute Gasteiger partial charge is 0.326 e. The summed E-state index contributed by atoms with van der Waals surface area (Å²) in [4.78, 5) is 1.35. The molecule has 0 bridgehead atoms. The number of nitrogens with zero attached hydrogens (tertiary/aromatic N) is 3. The van der Waals surface area contributed by atoms with E-state index in [1.54, 1.807) is 23.1 Å². The number of rotatable bonds is 5. The van der Waals surface area contributed by atoms with E-state index in [2.05, 4.69) is 35.5 Å². The summed E-state index contributed by atoms with van der Waals surface area (Å²) >= 11 is 3.49. The zero-order valence-electron chi connectivity index (χ0n) is 11.8. The summed E-state index contributed by atoms with van der Waals surface area (Å²) in [6.45, 7) is 6.23. The van der Waals surface area contributed by atoms with E-state index >= 15 is 0 Å². The van der Waals surface area contributed by atoms with Crippen molar-refractivity contribution in [1.29, 1.82) is 0 Å². The quantitative estimate of drug-likeness (QED) is 0.862.